The van der Waals surface area contributed by atoms with Crippen molar-refractivity contribution in [3.8, 4) is 0 Å². The van der Waals surface area contributed by atoms with E-state index in [9.17, 15) is 0 Å². The standard InChI is InChI=1S/C17H23NS/c1-14(2)18(13-15-9-5-3-6-10-15)17(19)16-11-7-4-8-12-16/h3,5-6,9-11,14H,4,7-8,12-13H2,1-2H3. The normalized spacial score (nSPS) is 15.2. The number of hydrogen-bond donors (Lipinski definition) is 0. The van der Waals surface area contributed by atoms with Gasteiger partial charge in [-0.3, -0.25) is 0 Å². The highest BCUT2D eigenvalue weighted by molar-refractivity contribution is 7.80. The molecule has 0 bridgehead atoms. The average molecular weight is 273 g/mol. The van der Waals surface area contributed by atoms with Crippen LogP contribution in [0, 0.1) is 0 Å². The zero-order chi connectivity index (χ0) is 13.7. The van der Waals surface area contributed by atoms with E-state index in [1.54, 1.807) is 0 Å². The van der Waals surface area contributed by atoms with Crippen molar-refractivity contribution in [3.63, 3.8) is 0 Å². The van der Waals surface area contributed by atoms with Crippen molar-refractivity contribution in [2.75, 3.05) is 0 Å². The van der Waals surface area contributed by atoms with Crippen molar-refractivity contribution >= 4 is 17.2 Å². The number of hydrogen-bond acceptors (Lipinski definition) is 1. The van der Waals surface area contributed by atoms with Crippen LogP contribution in [0.1, 0.15) is 45.1 Å². The molecule has 0 N–H and O–H groups in total. The minimum Gasteiger partial charge on any atom is -0.356 e. The molecule has 0 atom stereocenters. The van der Waals surface area contributed by atoms with E-state index in [0.717, 1.165) is 18.0 Å². The zero-order valence-corrected chi connectivity index (χ0v) is 12.7. The second kappa shape index (κ2) is 6.85. The van der Waals surface area contributed by atoms with E-state index >= 15 is 0 Å². The van der Waals surface area contributed by atoms with Crippen LogP contribution >= 0.6 is 12.2 Å². The topological polar surface area (TPSA) is 3.24 Å². The van der Waals surface area contributed by atoms with Crippen molar-refractivity contribution in [1.82, 2.24) is 4.90 Å². The summed E-state index contributed by atoms with van der Waals surface area (Å²) < 4.78 is 0. The van der Waals surface area contributed by atoms with Crippen molar-refractivity contribution < 1.29 is 0 Å². The van der Waals surface area contributed by atoms with E-state index in [2.05, 4.69) is 55.2 Å². The van der Waals surface area contributed by atoms with Gasteiger partial charge in [0.25, 0.3) is 0 Å². The number of allylic oxidation sites excluding steroid dienone is 1. The molecule has 0 fully saturated rings. The van der Waals surface area contributed by atoms with Gasteiger partial charge < -0.3 is 4.90 Å². The molecule has 0 heterocycles. The highest BCUT2D eigenvalue weighted by atomic mass is 32.1. The van der Waals surface area contributed by atoms with Crippen LogP contribution in [0.2, 0.25) is 0 Å². The lowest BCUT2D eigenvalue weighted by atomic mass is 9.98. The number of thiocarbonyl (C=S) groups is 1. The summed E-state index contributed by atoms with van der Waals surface area (Å²) in [4.78, 5) is 3.40. The Morgan fingerprint density at radius 1 is 1.21 bits per heavy atom. The van der Waals surface area contributed by atoms with Gasteiger partial charge in [0.2, 0.25) is 0 Å². The van der Waals surface area contributed by atoms with Crippen LogP contribution < -0.4 is 0 Å². The Labute approximate surface area is 122 Å². The Morgan fingerprint density at radius 2 is 1.95 bits per heavy atom. The molecule has 1 nitrogen and oxygen atoms in total. The summed E-state index contributed by atoms with van der Waals surface area (Å²) in [5.41, 5.74) is 2.71. The second-order valence-electron chi connectivity index (χ2n) is 5.49. The van der Waals surface area contributed by atoms with E-state index in [0.29, 0.717) is 6.04 Å². The third kappa shape index (κ3) is 3.90. The van der Waals surface area contributed by atoms with Gasteiger partial charge in [-0.1, -0.05) is 48.6 Å². The highest BCUT2D eigenvalue weighted by Crippen LogP contribution is 2.22. The maximum Gasteiger partial charge on any atom is 0.105 e. The van der Waals surface area contributed by atoms with Crippen LogP contribution in [-0.4, -0.2) is 15.9 Å². The molecule has 0 unspecified atom stereocenters. The molecule has 2 rings (SSSR count). The van der Waals surface area contributed by atoms with Gasteiger partial charge in [-0.05, 0) is 50.7 Å². The Bertz CT molecular complexity index is 448. The molecule has 0 radical (unpaired) electrons. The third-order valence-corrected chi connectivity index (χ3v) is 4.14. The van der Waals surface area contributed by atoms with Crippen LogP contribution in [0.5, 0.6) is 0 Å². The fourth-order valence-electron chi connectivity index (χ4n) is 2.49. The maximum absolute atomic E-state index is 5.73. The van der Waals surface area contributed by atoms with Crippen LogP contribution in [0.25, 0.3) is 0 Å². The van der Waals surface area contributed by atoms with E-state index in [-0.39, 0.29) is 0 Å². The van der Waals surface area contributed by atoms with Crippen LogP contribution in [0.15, 0.2) is 42.0 Å². The van der Waals surface area contributed by atoms with Crippen LogP contribution in [-0.2, 0) is 6.54 Å². The minimum atomic E-state index is 0.440. The molecule has 0 spiro atoms. The second-order valence-corrected chi connectivity index (χ2v) is 5.87. The van der Waals surface area contributed by atoms with Gasteiger partial charge in [-0.25, -0.2) is 0 Å². The van der Waals surface area contributed by atoms with Gasteiger partial charge in [-0.15, -0.1) is 0 Å². The minimum absolute atomic E-state index is 0.440. The first-order valence-electron chi connectivity index (χ1n) is 7.22. The van der Waals surface area contributed by atoms with Crippen molar-refractivity contribution in [2.24, 2.45) is 0 Å². The zero-order valence-electron chi connectivity index (χ0n) is 11.9. The lowest BCUT2D eigenvalue weighted by molar-refractivity contribution is 0.347. The monoisotopic (exact) mass is 273 g/mol. The van der Waals surface area contributed by atoms with E-state index in [1.165, 1.54) is 30.4 Å². The number of rotatable bonds is 4. The molecular formula is C17H23NS. The molecule has 2 heteroatoms. The summed E-state index contributed by atoms with van der Waals surface area (Å²) in [6, 6.07) is 11.0. The summed E-state index contributed by atoms with van der Waals surface area (Å²) in [7, 11) is 0. The van der Waals surface area contributed by atoms with Crippen LogP contribution in [0.4, 0.5) is 0 Å². The summed E-state index contributed by atoms with van der Waals surface area (Å²) in [5, 5.41) is 0. The van der Waals surface area contributed by atoms with Crippen molar-refractivity contribution in [1.29, 1.82) is 0 Å². The fraction of sp³-hybridized carbons (Fsp3) is 0.471. The van der Waals surface area contributed by atoms with Crippen molar-refractivity contribution in [3.05, 3.63) is 47.5 Å². The third-order valence-electron chi connectivity index (χ3n) is 3.65. The lowest BCUT2D eigenvalue weighted by Crippen LogP contribution is -2.36. The molecule has 1 aliphatic rings. The maximum atomic E-state index is 5.73. The van der Waals surface area contributed by atoms with Gasteiger partial charge in [-0.2, -0.15) is 0 Å². The highest BCUT2D eigenvalue weighted by Gasteiger charge is 2.18. The summed E-state index contributed by atoms with van der Waals surface area (Å²) in [6.07, 6.45) is 7.27. The molecule has 1 aromatic carbocycles. The van der Waals surface area contributed by atoms with Gasteiger partial charge in [0.15, 0.2) is 0 Å². The van der Waals surface area contributed by atoms with Crippen LogP contribution in [0.3, 0.4) is 0 Å². The Kier molecular flexibility index (Phi) is 5.15. The van der Waals surface area contributed by atoms with E-state index < -0.39 is 0 Å². The summed E-state index contributed by atoms with van der Waals surface area (Å²) in [6.45, 7) is 5.35. The molecule has 0 aliphatic heterocycles. The number of benzene rings is 1. The SMILES string of the molecule is CC(C)N(Cc1ccccc1)C(=S)C1=CCCCC1. The quantitative estimate of drug-likeness (QED) is 0.730. The van der Waals surface area contributed by atoms with Crippen molar-refractivity contribution in [2.45, 2.75) is 52.1 Å². The van der Waals surface area contributed by atoms with Gasteiger partial charge in [0.1, 0.15) is 4.99 Å². The Morgan fingerprint density at radius 3 is 2.53 bits per heavy atom. The Hall–Kier alpha value is -1.15. The molecule has 19 heavy (non-hydrogen) atoms. The van der Waals surface area contributed by atoms with E-state index in [1.807, 2.05) is 0 Å². The molecule has 0 saturated heterocycles. The lowest BCUT2D eigenvalue weighted by Gasteiger charge is -2.31. The first-order chi connectivity index (χ1) is 9.18. The first-order valence-corrected chi connectivity index (χ1v) is 7.63. The Balaban J connectivity index is 2.11. The molecule has 0 saturated carbocycles. The average Bonchev–Trinajstić information content (AvgIpc) is 2.46. The summed E-state index contributed by atoms with van der Waals surface area (Å²) >= 11 is 5.73. The molecular weight excluding hydrogens is 250 g/mol. The predicted molar refractivity (Wildman–Crippen MR) is 86.3 cm³/mol. The smallest absolute Gasteiger partial charge is 0.105 e. The largest absolute Gasteiger partial charge is 0.356 e. The molecule has 0 aromatic heterocycles. The van der Waals surface area contributed by atoms with Gasteiger partial charge >= 0.3 is 0 Å². The predicted octanol–water partition coefficient (Wildman–Crippen LogP) is 4.72. The van der Waals surface area contributed by atoms with E-state index in [4.69, 9.17) is 12.2 Å². The fourth-order valence-corrected chi connectivity index (χ4v) is 2.95. The molecule has 1 aromatic rings. The number of nitrogens with zero attached hydrogens (tertiary/aromatic N) is 1. The van der Waals surface area contributed by atoms with Gasteiger partial charge in [0, 0.05) is 12.6 Å². The van der Waals surface area contributed by atoms with Gasteiger partial charge in [0.05, 0.1) is 0 Å². The summed E-state index contributed by atoms with van der Waals surface area (Å²) in [5.74, 6) is 0. The molecule has 0 amide bonds. The molecule has 1 aliphatic carbocycles. The molecule has 102 valence electrons. The first kappa shape index (κ1) is 14.3.